The molecule has 2 saturated heterocycles. The summed E-state index contributed by atoms with van der Waals surface area (Å²) in [4.78, 5) is 42.8. The molecule has 0 bridgehead atoms. The van der Waals surface area contributed by atoms with E-state index in [1.165, 1.54) is 12.8 Å². The van der Waals surface area contributed by atoms with Gasteiger partial charge in [-0.1, -0.05) is 19.8 Å². The predicted molar refractivity (Wildman–Crippen MR) is 108 cm³/mol. The van der Waals surface area contributed by atoms with E-state index in [0.29, 0.717) is 25.3 Å². The molecule has 1 unspecified atom stereocenters. The first-order valence-corrected chi connectivity index (χ1v) is 11.2. The van der Waals surface area contributed by atoms with Crippen LogP contribution in [-0.2, 0) is 14.4 Å². The quantitative estimate of drug-likeness (QED) is 0.631. The number of carbonyl (C=O) groups is 3. The van der Waals surface area contributed by atoms with Crippen molar-refractivity contribution in [2.75, 3.05) is 45.8 Å². The predicted octanol–water partition coefficient (Wildman–Crippen LogP) is 1.23. The molecule has 3 fully saturated rings. The Bertz CT molecular complexity index is 554. The Hall–Kier alpha value is -1.63. The molecule has 28 heavy (non-hydrogen) atoms. The van der Waals surface area contributed by atoms with E-state index in [2.05, 4.69) is 10.2 Å². The van der Waals surface area contributed by atoms with Crippen LogP contribution in [0.5, 0.6) is 0 Å². The fourth-order valence-corrected chi connectivity index (χ4v) is 4.95. The number of likely N-dealkylation sites (tertiary alicyclic amines) is 1. The molecule has 3 amide bonds. The number of hydrogen-bond donors (Lipinski definition) is 1. The molecule has 0 aromatic heterocycles. The van der Waals surface area contributed by atoms with Gasteiger partial charge in [0.05, 0.1) is 6.04 Å². The molecular weight excluding hydrogens is 356 g/mol. The molecule has 0 spiro atoms. The molecule has 1 N–H and O–H groups in total. The van der Waals surface area contributed by atoms with Gasteiger partial charge in [-0.3, -0.25) is 19.3 Å². The molecule has 158 valence electrons. The first-order valence-electron chi connectivity index (χ1n) is 11.2. The Morgan fingerprint density at radius 3 is 2.39 bits per heavy atom. The van der Waals surface area contributed by atoms with E-state index in [-0.39, 0.29) is 23.8 Å². The number of rotatable bonds is 8. The van der Waals surface area contributed by atoms with Crippen molar-refractivity contribution in [3.8, 4) is 0 Å². The highest BCUT2D eigenvalue weighted by Crippen LogP contribution is 2.31. The van der Waals surface area contributed by atoms with Crippen LogP contribution in [0.25, 0.3) is 0 Å². The van der Waals surface area contributed by atoms with Crippen LogP contribution < -0.4 is 5.32 Å². The van der Waals surface area contributed by atoms with E-state index >= 15 is 0 Å². The largest absolute Gasteiger partial charge is 0.355 e. The van der Waals surface area contributed by atoms with Crippen molar-refractivity contribution in [2.24, 2.45) is 5.92 Å². The van der Waals surface area contributed by atoms with Crippen molar-refractivity contribution < 1.29 is 14.4 Å². The molecule has 2 aliphatic heterocycles. The lowest BCUT2D eigenvalue weighted by Gasteiger charge is -2.40. The van der Waals surface area contributed by atoms with E-state index in [1.54, 1.807) is 0 Å². The summed E-state index contributed by atoms with van der Waals surface area (Å²) in [6.45, 7) is 7.13. The zero-order valence-corrected chi connectivity index (χ0v) is 17.3. The first kappa shape index (κ1) is 21.1. The highest BCUT2D eigenvalue weighted by molar-refractivity contribution is 5.82. The van der Waals surface area contributed by atoms with Crippen molar-refractivity contribution >= 4 is 17.7 Å². The van der Waals surface area contributed by atoms with E-state index in [1.807, 2.05) is 16.7 Å². The normalized spacial score (nSPS) is 22.7. The third-order valence-electron chi connectivity index (χ3n) is 6.55. The number of nitrogens with zero attached hydrogens (tertiary/aromatic N) is 3. The highest BCUT2D eigenvalue weighted by Gasteiger charge is 2.37. The van der Waals surface area contributed by atoms with Crippen LogP contribution in [0, 0.1) is 5.92 Å². The molecule has 0 radical (unpaired) electrons. The third kappa shape index (κ3) is 5.25. The van der Waals surface area contributed by atoms with Crippen LogP contribution in [-0.4, -0.2) is 84.3 Å². The molecular formula is C21H36N4O3. The van der Waals surface area contributed by atoms with Crippen LogP contribution in [0.1, 0.15) is 58.3 Å². The lowest BCUT2D eigenvalue weighted by atomic mass is 9.95. The SMILES string of the molecule is CCC(=O)N1CCN(C(C(=O)NCCCN2CCCC2=O)C2CCCC2)CC1. The molecule has 7 heteroatoms. The van der Waals surface area contributed by atoms with Gasteiger partial charge in [-0.25, -0.2) is 0 Å². The topological polar surface area (TPSA) is 73.0 Å². The van der Waals surface area contributed by atoms with Gasteiger partial charge in [0.15, 0.2) is 0 Å². The highest BCUT2D eigenvalue weighted by atomic mass is 16.2. The average Bonchev–Trinajstić information content (AvgIpc) is 3.37. The fraction of sp³-hybridized carbons (Fsp3) is 0.857. The minimum atomic E-state index is -0.0743. The molecule has 0 aromatic rings. The Morgan fingerprint density at radius 2 is 1.79 bits per heavy atom. The van der Waals surface area contributed by atoms with Gasteiger partial charge in [0.2, 0.25) is 17.7 Å². The monoisotopic (exact) mass is 392 g/mol. The second-order valence-electron chi connectivity index (χ2n) is 8.39. The molecule has 1 atom stereocenters. The second-order valence-corrected chi connectivity index (χ2v) is 8.39. The Labute approximate surface area is 168 Å². The van der Waals surface area contributed by atoms with Gasteiger partial charge >= 0.3 is 0 Å². The molecule has 1 saturated carbocycles. The summed E-state index contributed by atoms with van der Waals surface area (Å²) in [6, 6.07) is -0.0743. The Balaban J connectivity index is 1.49. The maximum Gasteiger partial charge on any atom is 0.237 e. The summed E-state index contributed by atoms with van der Waals surface area (Å²) in [5.41, 5.74) is 0. The zero-order chi connectivity index (χ0) is 19.9. The van der Waals surface area contributed by atoms with Crippen LogP contribution in [0.2, 0.25) is 0 Å². The summed E-state index contributed by atoms with van der Waals surface area (Å²) in [5.74, 6) is 1.01. The van der Waals surface area contributed by atoms with Gasteiger partial charge < -0.3 is 15.1 Å². The van der Waals surface area contributed by atoms with Gasteiger partial charge in [0, 0.05) is 58.7 Å². The minimum Gasteiger partial charge on any atom is -0.355 e. The second kappa shape index (κ2) is 10.2. The number of amides is 3. The zero-order valence-electron chi connectivity index (χ0n) is 17.3. The van der Waals surface area contributed by atoms with Gasteiger partial charge in [-0.05, 0) is 31.6 Å². The fourth-order valence-electron chi connectivity index (χ4n) is 4.95. The van der Waals surface area contributed by atoms with Crippen LogP contribution in [0.4, 0.5) is 0 Å². The Kier molecular flexibility index (Phi) is 7.71. The number of hydrogen-bond acceptors (Lipinski definition) is 4. The lowest BCUT2D eigenvalue weighted by molar-refractivity contribution is -0.135. The van der Waals surface area contributed by atoms with Crippen LogP contribution in [0.15, 0.2) is 0 Å². The summed E-state index contributed by atoms with van der Waals surface area (Å²) >= 11 is 0. The molecule has 7 nitrogen and oxygen atoms in total. The molecule has 3 rings (SSSR count). The summed E-state index contributed by atoms with van der Waals surface area (Å²) in [7, 11) is 0. The standard InChI is InChI=1S/C21H36N4O3/c1-2-18(26)24-13-15-25(16-14-24)20(17-7-3-4-8-17)21(28)22-10-6-12-23-11-5-9-19(23)27/h17,20H,2-16H2,1H3,(H,22,28). The van der Waals surface area contributed by atoms with Gasteiger partial charge in [0.1, 0.15) is 0 Å². The summed E-state index contributed by atoms with van der Waals surface area (Å²) in [5, 5.41) is 3.14. The number of nitrogens with one attached hydrogen (secondary N) is 1. The molecule has 1 aliphatic carbocycles. The maximum atomic E-state index is 13.0. The van der Waals surface area contributed by atoms with Crippen molar-refractivity contribution in [3.05, 3.63) is 0 Å². The third-order valence-corrected chi connectivity index (χ3v) is 6.55. The van der Waals surface area contributed by atoms with E-state index < -0.39 is 0 Å². The smallest absolute Gasteiger partial charge is 0.237 e. The van der Waals surface area contributed by atoms with Gasteiger partial charge in [0.25, 0.3) is 0 Å². The number of piperazine rings is 1. The van der Waals surface area contributed by atoms with E-state index in [9.17, 15) is 14.4 Å². The average molecular weight is 393 g/mol. The first-order chi connectivity index (χ1) is 13.6. The molecule has 0 aromatic carbocycles. The van der Waals surface area contributed by atoms with E-state index in [4.69, 9.17) is 0 Å². The van der Waals surface area contributed by atoms with Crippen molar-refractivity contribution in [2.45, 2.75) is 64.3 Å². The molecule has 2 heterocycles. The Morgan fingerprint density at radius 1 is 1.07 bits per heavy atom. The van der Waals surface area contributed by atoms with Crippen LogP contribution >= 0.6 is 0 Å². The number of carbonyl (C=O) groups excluding carboxylic acids is 3. The summed E-state index contributed by atoms with van der Waals surface area (Å²) in [6.07, 6.45) is 7.65. The minimum absolute atomic E-state index is 0.0743. The van der Waals surface area contributed by atoms with Crippen LogP contribution in [0.3, 0.4) is 0 Å². The van der Waals surface area contributed by atoms with Gasteiger partial charge in [-0.15, -0.1) is 0 Å². The van der Waals surface area contributed by atoms with Crippen molar-refractivity contribution in [1.82, 2.24) is 20.0 Å². The molecule has 3 aliphatic rings. The van der Waals surface area contributed by atoms with Crippen molar-refractivity contribution in [1.29, 1.82) is 0 Å². The summed E-state index contributed by atoms with van der Waals surface area (Å²) < 4.78 is 0. The lowest BCUT2D eigenvalue weighted by Crippen LogP contribution is -2.58. The van der Waals surface area contributed by atoms with Crippen molar-refractivity contribution in [3.63, 3.8) is 0 Å². The van der Waals surface area contributed by atoms with E-state index in [0.717, 1.165) is 65.0 Å². The van der Waals surface area contributed by atoms with Gasteiger partial charge in [-0.2, -0.15) is 0 Å². The maximum absolute atomic E-state index is 13.0.